The van der Waals surface area contributed by atoms with Crippen molar-refractivity contribution in [3.05, 3.63) is 48.2 Å². The molecule has 0 saturated carbocycles. The number of hydrogen-bond acceptors (Lipinski definition) is 5. The van der Waals surface area contributed by atoms with Crippen molar-refractivity contribution in [2.45, 2.75) is 12.8 Å². The first-order chi connectivity index (χ1) is 12.7. The summed E-state index contributed by atoms with van der Waals surface area (Å²) >= 11 is 0. The Bertz CT molecular complexity index is 916. The number of carbonyl (C=O) groups excluding carboxylic acids is 1. The van der Waals surface area contributed by atoms with E-state index in [-0.39, 0.29) is 11.8 Å². The minimum absolute atomic E-state index is 0.0515. The third kappa shape index (κ3) is 3.25. The van der Waals surface area contributed by atoms with Gasteiger partial charge in [-0.15, -0.1) is 0 Å². The molecule has 3 aromatic rings. The number of fused-ring (bicyclic) bond motifs is 1. The smallest absolute Gasteiger partial charge is 0.256 e. The lowest BCUT2D eigenvalue weighted by atomic mass is 10.00. The molecule has 26 heavy (non-hydrogen) atoms. The van der Waals surface area contributed by atoms with E-state index in [9.17, 15) is 9.90 Å². The van der Waals surface area contributed by atoms with Gasteiger partial charge in [0.05, 0.1) is 11.9 Å². The first kappa shape index (κ1) is 16.5. The number of benzene rings is 1. The molecule has 1 saturated heterocycles. The fourth-order valence-corrected chi connectivity index (χ4v) is 3.29. The van der Waals surface area contributed by atoms with Crippen molar-refractivity contribution in [2.24, 2.45) is 5.92 Å². The minimum atomic E-state index is -0.220. The van der Waals surface area contributed by atoms with E-state index in [1.165, 1.54) is 10.7 Å². The van der Waals surface area contributed by atoms with Crippen LogP contribution in [0.25, 0.3) is 16.9 Å². The van der Waals surface area contributed by atoms with Gasteiger partial charge in [0.2, 0.25) is 5.88 Å². The molecule has 3 N–H and O–H groups in total. The first-order valence-corrected chi connectivity index (χ1v) is 8.84. The third-order valence-corrected chi connectivity index (χ3v) is 4.72. The van der Waals surface area contributed by atoms with Gasteiger partial charge in [0, 0.05) is 18.2 Å². The molecular weight excluding hydrogens is 330 g/mol. The molecule has 7 nitrogen and oxygen atoms in total. The van der Waals surface area contributed by atoms with Gasteiger partial charge in [-0.2, -0.15) is 9.61 Å². The van der Waals surface area contributed by atoms with E-state index < -0.39 is 0 Å². The molecule has 3 heterocycles. The largest absolute Gasteiger partial charge is 0.493 e. The molecule has 7 heteroatoms. The number of aromatic hydroxyl groups is 1. The number of aromatic nitrogens is 3. The predicted molar refractivity (Wildman–Crippen MR) is 98.0 cm³/mol. The number of nitrogens with zero attached hydrogens (tertiary/aromatic N) is 3. The van der Waals surface area contributed by atoms with Gasteiger partial charge >= 0.3 is 0 Å². The molecule has 1 unspecified atom stereocenters. The molecule has 0 spiro atoms. The average molecular weight is 351 g/mol. The maximum absolute atomic E-state index is 12.6. The van der Waals surface area contributed by atoms with Crippen molar-refractivity contribution < 1.29 is 9.90 Å². The second kappa shape index (κ2) is 7.13. The highest BCUT2D eigenvalue weighted by Gasteiger charge is 2.19. The van der Waals surface area contributed by atoms with Crippen LogP contribution < -0.4 is 10.6 Å². The predicted octanol–water partition coefficient (Wildman–Crippen LogP) is 1.83. The molecule has 1 aliphatic rings. The van der Waals surface area contributed by atoms with Crippen molar-refractivity contribution in [3.8, 4) is 17.1 Å². The lowest BCUT2D eigenvalue weighted by molar-refractivity contribution is 0.0946. The van der Waals surface area contributed by atoms with E-state index in [1.54, 1.807) is 6.07 Å². The summed E-state index contributed by atoms with van der Waals surface area (Å²) in [4.78, 5) is 17.2. The van der Waals surface area contributed by atoms with Crippen LogP contribution in [0.4, 0.5) is 0 Å². The van der Waals surface area contributed by atoms with Crippen LogP contribution in [0.5, 0.6) is 5.88 Å². The molecule has 1 fully saturated rings. The van der Waals surface area contributed by atoms with E-state index in [4.69, 9.17) is 0 Å². The van der Waals surface area contributed by atoms with Crippen LogP contribution in [0.2, 0.25) is 0 Å². The average Bonchev–Trinajstić information content (AvgIpc) is 3.12. The summed E-state index contributed by atoms with van der Waals surface area (Å²) in [6.07, 6.45) is 3.69. The highest BCUT2D eigenvalue weighted by Crippen LogP contribution is 2.24. The topological polar surface area (TPSA) is 91.6 Å². The summed E-state index contributed by atoms with van der Waals surface area (Å²) in [6.45, 7) is 2.59. The molecule has 1 aliphatic heterocycles. The van der Waals surface area contributed by atoms with Gasteiger partial charge in [0.25, 0.3) is 5.91 Å². The number of nitrogens with one attached hydrogen (secondary N) is 2. The van der Waals surface area contributed by atoms with Crippen LogP contribution in [0, 0.1) is 5.92 Å². The molecule has 1 amide bonds. The Hall–Kier alpha value is -2.93. The van der Waals surface area contributed by atoms with Gasteiger partial charge in [-0.3, -0.25) is 4.79 Å². The number of amides is 1. The van der Waals surface area contributed by atoms with Crippen molar-refractivity contribution in [3.63, 3.8) is 0 Å². The Kier molecular flexibility index (Phi) is 4.53. The highest BCUT2D eigenvalue weighted by molar-refractivity contribution is 6.00. The number of rotatable bonds is 4. The highest BCUT2D eigenvalue weighted by atomic mass is 16.3. The van der Waals surface area contributed by atoms with Crippen LogP contribution >= 0.6 is 0 Å². The number of piperidine rings is 1. The molecule has 1 aromatic carbocycles. The van der Waals surface area contributed by atoms with Crippen molar-refractivity contribution in [2.75, 3.05) is 19.6 Å². The van der Waals surface area contributed by atoms with Crippen molar-refractivity contribution in [1.82, 2.24) is 25.2 Å². The van der Waals surface area contributed by atoms with Gasteiger partial charge < -0.3 is 15.7 Å². The first-order valence-electron chi connectivity index (χ1n) is 8.84. The van der Waals surface area contributed by atoms with Crippen LogP contribution in [-0.2, 0) is 0 Å². The molecule has 134 valence electrons. The number of hydrogen-bond donors (Lipinski definition) is 3. The Morgan fingerprint density at radius 3 is 2.96 bits per heavy atom. The molecule has 0 aliphatic carbocycles. The van der Waals surface area contributed by atoms with E-state index in [0.29, 0.717) is 29.4 Å². The molecule has 0 radical (unpaired) electrons. The maximum Gasteiger partial charge on any atom is 0.256 e. The van der Waals surface area contributed by atoms with E-state index in [0.717, 1.165) is 31.5 Å². The van der Waals surface area contributed by atoms with Gasteiger partial charge in [-0.25, -0.2) is 4.98 Å². The summed E-state index contributed by atoms with van der Waals surface area (Å²) in [5, 5.41) is 20.7. The monoisotopic (exact) mass is 351 g/mol. The lowest BCUT2D eigenvalue weighted by Gasteiger charge is -2.22. The molecule has 0 bridgehead atoms. The Morgan fingerprint density at radius 1 is 1.35 bits per heavy atom. The Labute approximate surface area is 151 Å². The molecule has 1 atom stereocenters. The van der Waals surface area contributed by atoms with Crippen molar-refractivity contribution >= 4 is 11.6 Å². The second-order valence-corrected chi connectivity index (χ2v) is 6.58. The van der Waals surface area contributed by atoms with Gasteiger partial charge in [-0.1, -0.05) is 30.3 Å². The van der Waals surface area contributed by atoms with Gasteiger partial charge in [0.1, 0.15) is 5.56 Å². The summed E-state index contributed by atoms with van der Waals surface area (Å²) in [7, 11) is 0. The minimum Gasteiger partial charge on any atom is -0.493 e. The molecular formula is C19H21N5O2. The standard InChI is InChI=1S/C19H21N5O2/c25-17-9-16(14-6-2-1-3-7-14)23-18-15(12-22-24(17)18)19(26)21-11-13-5-4-8-20-10-13/h1-3,6-7,9,12-13,20,25H,4-5,8,10-11H2,(H,21,26). The zero-order valence-corrected chi connectivity index (χ0v) is 14.4. The summed E-state index contributed by atoms with van der Waals surface area (Å²) in [5.74, 6) is 0.169. The van der Waals surface area contributed by atoms with Gasteiger partial charge in [0.15, 0.2) is 5.65 Å². The van der Waals surface area contributed by atoms with Crippen molar-refractivity contribution in [1.29, 1.82) is 0 Å². The summed E-state index contributed by atoms with van der Waals surface area (Å²) in [6, 6.07) is 11.1. The van der Waals surface area contributed by atoms with Crippen LogP contribution in [0.15, 0.2) is 42.6 Å². The number of carbonyl (C=O) groups is 1. The SMILES string of the molecule is O=C(NCC1CCCNC1)c1cnn2c(O)cc(-c3ccccc3)nc12. The van der Waals surface area contributed by atoms with E-state index >= 15 is 0 Å². The van der Waals surface area contributed by atoms with Gasteiger partial charge in [-0.05, 0) is 31.8 Å². The lowest BCUT2D eigenvalue weighted by Crippen LogP contribution is -2.38. The summed E-state index contributed by atoms with van der Waals surface area (Å²) in [5.41, 5.74) is 2.18. The van der Waals surface area contributed by atoms with Crippen LogP contribution in [0.3, 0.4) is 0 Å². The van der Waals surface area contributed by atoms with E-state index in [1.807, 2.05) is 30.3 Å². The quantitative estimate of drug-likeness (QED) is 0.667. The van der Waals surface area contributed by atoms with E-state index in [2.05, 4.69) is 20.7 Å². The molecule has 2 aromatic heterocycles. The Balaban J connectivity index is 1.60. The Morgan fingerprint density at radius 2 is 2.19 bits per heavy atom. The normalized spacial score (nSPS) is 17.3. The zero-order valence-electron chi connectivity index (χ0n) is 14.4. The second-order valence-electron chi connectivity index (χ2n) is 6.58. The zero-order chi connectivity index (χ0) is 17.9. The van der Waals surface area contributed by atoms with Crippen LogP contribution in [0.1, 0.15) is 23.2 Å². The summed E-state index contributed by atoms with van der Waals surface area (Å²) < 4.78 is 1.28. The van der Waals surface area contributed by atoms with Crippen LogP contribution in [-0.4, -0.2) is 45.2 Å². The fourth-order valence-electron chi connectivity index (χ4n) is 3.29. The third-order valence-electron chi connectivity index (χ3n) is 4.72. The fraction of sp³-hybridized carbons (Fsp3) is 0.316. The molecule has 4 rings (SSSR count). The maximum atomic E-state index is 12.6.